The lowest BCUT2D eigenvalue weighted by atomic mass is 10.1. The number of nitrogens with two attached hydrogens (primary N) is 1. The predicted octanol–water partition coefficient (Wildman–Crippen LogP) is 4.64. The minimum Gasteiger partial charge on any atom is -0.397 e. The molecule has 0 saturated carbocycles. The van der Waals surface area contributed by atoms with E-state index in [2.05, 4.69) is 15.3 Å². The predicted molar refractivity (Wildman–Crippen MR) is 106 cm³/mol. The van der Waals surface area contributed by atoms with E-state index in [1.54, 1.807) is 25.4 Å². The number of aromatic nitrogens is 2. The van der Waals surface area contributed by atoms with Gasteiger partial charge >= 0.3 is 0 Å². The van der Waals surface area contributed by atoms with Crippen molar-refractivity contribution in [2.24, 2.45) is 0 Å². The molecule has 0 unspecified atom stereocenters. The van der Waals surface area contributed by atoms with Crippen LogP contribution in [0.25, 0.3) is 21.5 Å². The van der Waals surface area contributed by atoms with E-state index < -0.39 is 5.82 Å². The van der Waals surface area contributed by atoms with Gasteiger partial charge in [0.05, 0.1) is 11.4 Å². The van der Waals surface area contributed by atoms with Crippen molar-refractivity contribution < 1.29 is 9.18 Å². The van der Waals surface area contributed by atoms with E-state index in [9.17, 15) is 9.18 Å². The van der Waals surface area contributed by atoms with Crippen LogP contribution in [0.1, 0.15) is 15.2 Å². The van der Waals surface area contributed by atoms with Gasteiger partial charge in [-0.25, -0.2) is 9.37 Å². The number of nitrogens with zero attached hydrogens (tertiary/aromatic N) is 2. The summed E-state index contributed by atoms with van der Waals surface area (Å²) in [6.45, 7) is 1.80. The Balaban J connectivity index is 1.70. The number of rotatable bonds is 3. The number of nitrogen functional groups attached to an aromatic ring is 1. The van der Waals surface area contributed by atoms with E-state index >= 15 is 0 Å². The molecule has 5 nitrogen and oxygen atoms in total. The van der Waals surface area contributed by atoms with Gasteiger partial charge in [0.25, 0.3) is 5.91 Å². The molecule has 7 heteroatoms. The fraction of sp³-hybridized carbons (Fsp3) is 0.0500. The summed E-state index contributed by atoms with van der Waals surface area (Å²) in [5.74, 6) is -0.793. The van der Waals surface area contributed by atoms with Gasteiger partial charge in [0, 0.05) is 29.0 Å². The van der Waals surface area contributed by atoms with Gasteiger partial charge in [0.2, 0.25) is 0 Å². The molecule has 3 heterocycles. The summed E-state index contributed by atoms with van der Waals surface area (Å²) in [6.07, 6.45) is 3.40. The maximum Gasteiger partial charge on any atom is 0.267 e. The average Bonchev–Trinajstić information content (AvgIpc) is 3.01. The molecule has 4 aromatic rings. The molecule has 0 radical (unpaired) electrons. The number of amides is 1. The SMILES string of the molecule is Cc1ccc(F)cc1NC(=O)c1sc2nc(-c3ccncc3)ccc2c1N. The number of carbonyl (C=O) groups is 1. The first kappa shape index (κ1) is 17.1. The zero-order valence-electron chi connectivity index (χ0n) is 14.4. The summed E-state index contributed by atoms with van der Waals surface area (Å²) in [7, 11) is 0. The molecule has 134 valence electrons. The van der Waals surface area contributed by atoms with Gasteiger partial charge in [0.1, 0.15) is 15.5 Å². The van der Waals surface area contributed by atoms with Crippen LogP contribution in [-0.4, -0.2) is 15.9 Å². The molecular weight excluding hydrogens is 363 g/mol. The number of aryl methyl sites for hydroxylation is 1. The summed E-state index contributed by atoms with van der Waals surface area (Å²) >= 11 is 1.21. The number of fused-ring (bicyclic) bond motifs is 1. The van der Waals surface area contributed by atoms with Crippen LogP contribution in [-0.2, 0) is 0 Å². The van der Waals surface area contributed by atoms with E-state index in [1.807, 2.05) is 24.3 Å². The average molecular weight is 378 g/mol. The van der Waals surface area contributed by atoms with Crippen LogP contribution in [0.3, 0.4) is 0 Å². The molecule has 0 spiro atoms. The number of nitrogens with one attached hydrogen (secondary N) is 1. The first-order valence-electron chi connectivity index (χ1n) is 8.20. The highest BCUT2D eigenvalue weighted by Crippen LogP contribution is 2.34. The number of anilines is 2. The Bertz CT molecular complexity index is 1160. The molecule has 4 rings (SSSR count). The Morgan fingerprint density at radius 2 is 1.93 bits per heavy atom. The monoisotopic (exact) mass is 378 g/mol. The van der Waals surface area contributed by atoms with Crippen LogP contribution < -0.4 is 11.1 Å². The number of hydrogen-bond acceptors (Lipinski definition) is 5. The third kappa shape index (κ3) is 3.24. The van der Waals surface area contributed by atoms with Gasteiger partial charge in [0.15, 0.2) is 0 Å². The summed E-state index contributed by atoms with van der Waals surface area (Å²) in [5.41, 5.74) is 9.44. The standard InChI is InChI=1S/C20H15FN4OS/c1-11-2-3-13(21)10-16(11)24-19(26)18-17(22)14-4-5-15(25-20(14)27-18)12-6-8-23-9-7-12/h2-10H,22H2,1H3,(H,24,26). The number of hydrogen-bond donors (Lipinski definition) is 2. The van der Waals surface area contributed by atoms with Crippen molar-refractivity contribution in [3.63, 3.8) is 0 Å². The van der Waals surface area contributed by atoms with E-state index in [0.29, 0.717) is 21.1 Å². The normalized spacial score (nSPS) is 10.9. The van der Waals surface area contributed by atoms with Crippen molar-refractivity contribution in [1.82, 2.24) is 9.97 Å². The van der Waals surface area contributed by atoms with Crippen LogP contribution in [0, 0.1) is 12.7 Å². The van der Waals surface area contributed by atoms with Crippen LogP contribution in [0.4, 0.5) is 15.8 Å². The fourth-order valence-corrected chi connectivity index (χ4v) is 3.75. The first-order chi connectivity index (χ1) is 13.0. The second kappa shape index (κ2) is 6.77. The van der Waals surface area contributed by atoms with Crippen LogP contribution >= 0.6 is 11.3 Å². The smallest absolute Gasteiger partial charge is 0.267 e. The lowest BCUT2D eigenvalue weighted by Crippen LogP contribution is -2.13. The highest BCUT2D eigenvalue weighted by atomic mass is 32.1. The lowest BCUT2D eigenvalue weighted by Gasteiger charge is -2.07. The van der Waals surface area contributed by atoms with Crippen LogP contribution in [0.2, 0.25) is 0 Å². The molecule has 0 aliphatic carbocycles. The summed E-state index contributed by atoms with van der Waals surface area (Å²) in [6, 6.07) is 11.7. The number of thiophene rings is 1. The Hall–Kier alpha value is -3.32. The second-order valence-electron chi connectivity index (χ2n) is 6.04. The summed E-state index contributed by atoms with van der Waals surface area (Å²) < 4.78 is 13.5. The van der Waals surface area contributed by atoms with Crippen molar-refractivity contribution in [3.05, 3.63) is 71.1 Å². The molecule has 3 aromatic heterocycles. The van der Waals surface area contributed by atoms with Gasteiger partial charge < -0.3 is 11.1 Å². The maximum absolute atomic E-state index is 13.5. The van der Waals surface area contributed by atoms with Gasteiger partial charge in [-0.05, 0) is 48.9 Å². The summed E-state index contributed by atoms with van der Waals surface area (Å²) in [4.78, 5) is 22.3. The molecule has 0 bridgehead atoms. The van der Waals surface area contributed by atoms with Crippen LogP contribution in [0.5, 0.6) is 0 Å². The Morgan fingerprint density at radius 3 is 2.70 bits per heavy atom. The highest BCUT2D eigenvalue weighted by Gasteiger charge is 2.18. The van der Waals surface area contributed by atoms with Gasteiger partial charge in [-0.3, -0.25) is 9.78 Å². The highest BCUT2D eigenvalue weighted by molar-refractivity contribution is 7.21. The third-order valence-electron chi connectivity index (χ3n) is 4.22. The largest absolute Gasteiger partial charge is 0.397 e. The molecule has 1 aromatic carbocycles. The molecular formula is C20H15FN4OS. The van der Waals surface area contributed by atoms with Crippen molar-refractivity contribution in [2.75, 3.05) is 11.1 Å². The van der Waals surface area contributed by atoms with E-state index in [0.717, 1.165) is 22.2 Å². The minimum atomic E-state index is -0.413. The molecule has 3 N–H and O–H groups in total. The van der Waals surface area contributed by atoms with Gasteiger partial charge in [-0.15, -0.1) is 11.3 Å². The van der Waals surface area contributed by atoms with Gasteiger partial charge in [-0.1, -0.05) is 6.07 Å². The van der Waals surface area contributed by atoms with Crippen LogP contribution in [0.15, 0.2) is 54.9 Å². The molecule has 0 saturated heterocycles. The second-order valence-corrected chi connectivity index (χ2v) is 7.04. The molecule has 0 aliphatic rings. The van der Waals surface area contributed by atoms with Crippen molar-refractivity contribution >= 4 is 38.8 Å². The number of pyridine rings is 2. The van der Waals surface area contributed by atoms with Crippen molar-refractivity contribution in [3.8, 4) is 11.3 Å². The van der Waals surface area contributed by atoms with Crippen molar-refractivity contribution in [1.29, 1.82) is 0 Å². The molecule has 0 fully saturated rings. The van der Waals surface area contributed by atoms with E-state index in [4.69, 9.17) is 5.73 Å². The first-order valence-corrected chi connectivity index (χ1v) is 9.01. The van der Waals surface area contributed by atoms with Gasteiger partial charge in [-0.2, -0.15) is 0 Å². The van der Waals surface area contributed by atoms with E-state index in [-0.39, 0.29) is 5.91 Å². The fourth-order valence-electron chi connectivity index (χ4n) is 2.76. The number of carbonyl (C=O) groups excluding carboxylic acids is 1. The zero-order chi connectivity index (χ0) is 19.0. The van der Waals surface area contributed by atoms with E-state index in [1.165, 1.54) is 23.5 Å². The third-order valence-corrected chi connectivity index (χ3v) is 5.34. The Labute approximate surface area is 158 Å². The molecule has 1 amide bonds. The summed E-state index contributed by atoms with van der Waals surface area (Å²) in [5, 5.41) is 3.45. The Morgan fingerprint density at radius 1 is 1.15 bits per heavy atom. The quantitative estimate of drug-likeness (QED) is 0.544. The lowest BCUT2D eigenvalue weighted by molar-refractivity contribution is 0.103. The van der Waals surface area contributed by atoms with Crippen molar-refractivity contribution in [2.45, 2.75) is 6.92 Å². The molecule has 0 aliphatic heterocycles. The maximum atomic E-state index is 13.5. The number of benzene rings is 1. The molecule has 27 heavy (non-hydrogen) atoms. The zero-order valence-corrected chi connectivity index (χ0v) is 15.2. The Kier molecular flexibility index (Phi) is 4.29. The number of halogens is 1. The topological polar surface area (TPSA) is 80.9 Å². The minimum absolute atomic E-state index is 0.355. The molecule has 0 atom stereocenters.